The smallest absolute Gasteiger partial charge is 0.255 e. The zero-order valence-electron chi connectivity index (χ0n) is 13.7. The predicted molar refractivity (Wildman–Crippen MR) is 84.0 cm³/mol. The van der Waals surface area contributed by atoms with Gasteiger partial charge in [-0.1, -0.05) is 0 Å². The molecule has 1 spiro atoms. The lowest BCUT2D eigenvalue weighted by Crippen LogP contribution is -2.64. The molecule has 3 rings (SSSR count). The number of carbonyl (C=O) groups is 1. The largest absolute Gasteiger partial charge is 0.387 e. The van der Waals surface area contributed by atoms with E-state index in [2.05, 4.69) is 4.98 Å². The van der Waals surface area contributed by atoms with Crippen molar-refractivity contribution in [2.45, 2.75) is 50.4 Å². The Hall–Kier alpha value is -1.50. The first-order chi connectivity index (χ1) is 10.8. The lowest BCUT2D eigenvalue weighted by atomic mass is 9.75. The number of hydrogen-bond donors (Lipinski definition) is 2. The number of carbonyl (C=O) groups excluding carboxylic acids is 1. The molecule has 2 saturated heterocycles. The zero-order valence-corrected chi connectivity index (χ0v) is 13.7. The summed E-state index contributed by atoms with van der Waals surface area (Å²) in [6.07, 6.45) is 2.14. The second-order valence-corrected chi connectivity index (χ2v) is 6.90. The van der Waals surface area contributed by atoms with Gasteiger partial charge in [0.15, 0.2) is 0 Å². The van der Waals surface area contributed by atoms with E-state index in [0.29, 0.717) is 44.5 Å². The monoisotopic (exact) mass is 320 g/mol. The molecule has 6 nitrogen and oxygen atoms in total. The number of likely N-dealkylation sites (tertiary alicyclic amines) is 1. The van der Waals surface area contributed by atoms with E-state index in [0.717, 1.165) is 5.69 Å². The molecule has 2 N–H and O–H groups in total. The third-order valence-corrected chi connectivity index (χ3v) is 5.14. The molecule has 6 heteroatoms. The quantitative estimate of drug-likeness (QED) is 0.803. The van der Waals surface area contributed by atoms with Gasteiger partial charge >= 0.3 is 0 Å². The van der Waals surface area contributed by atoms with Gasteiger partial charge in [-0.15, -0.1) is 0 Å². The molecular formula is C17H24N2O4. The molecule has 0 aliphatic carbocycles. The second kappa shape index (κ2) is 5.85. The van der Waals surface area contributed by atoms with Gasteiger partial charge in [-0.25, -0.2) is 0 Å². The third kappa shape index (κ3) is 2.98. The van der Waals surface area contributed by atoms with E-state index in [4.69, 9.17) is 4.74 Å². The predicted octanol–water partition coefficient (Wildman–Crippen LogP) is 0.897. The SMILES string of the molecule is Cc1ccc(C(=O)N2CCC3(CC2)OCC[C@@](C)(O)[C@@H]3O)cn1. The Kier molecular flexibility index (Phi) is 4.16. The lowest BCUT2D eigenvalue weighted by molar-refractivity contribution is -0.244. The van der Waals surface area contributed by atoms with Gasteiger partial charge in [0.05, 0.1) is 17.8 Å². The number of nitrogens with zero attached hydrogens (tertiary/aromatic N) is 2. The van der Waals surface area contributed by atoms with Crippen molar-refractivity contribution >= 4 is 5.91 Å². The molecule has 0 bridgehead atoms. The number of aromatic nitrogens is 1. The summed E-state index contributed by atoms with van der Waals surface area (Å²) in [5.41, 5.74) is -0.432. The van der Waals surface area contributed by atoms with Gasteiger partial charge in [0, 0.05) is 31.4 Å². The normalized spacial score (nSPS) is 30.4. The summed E-state index contributed by atoms with van der Waals surface area (Å²) in [7, 11) is 0. The average molecular weight is 320 g/mol. The van der Waals surface area contributed by atoms with E-state index in [1.54, 1.807) is 24.1 Å². The number of ether oxygens (including phenoxy) is 1. The molecule has 126 valence electrons. The van der Waals surface area contributed by atoms with Crippen LogP contribution in [0.2, 0.25) is 0 Å². The Morgan fingerprint density at radius 3 is 2.65 bits per heavy atom. The molecular weight excluding hydrogens is 296 g/mol. The molecule has 0 radical (unpaired) electrons. The number of hydrogen-bond acceptors (Lipinski definition) is 5. The van der Waals surface area contributed by atoms with Crippen molar-refractivity contribution in [1.29, 1.82) is 0 Å². The molecule has 3 heterocycles. The van der Waals surface area contributed by atoms with E-state index in [1.165, 1.54) is 0 Å². The van der Waals surface area contributed by atoms with Crippen molar-refractivity contribution in [3.05, 3.63) is 29.6 Å². The van der Waals surface area contributed by atoms with Crippen LogP contribution in [0.3, 0.4) is 0 Å². The van der Waals surface area contributed by atoms with Crippen molar-refractivity contribution in [1.82, 2.24) is 9.88 Å². The Morgan fingerprint density at radius 2 is 2.04 bits per heavy atom. The van der Waals surface area contributed by atoms with Crippen LogP contribution in [0.15, 0.2) is 18.3 Å². The van der Waals surface area contributed by atoms with Crippen LogP contribution in [-0.2, 0) is 4.74 Å². The van der Waals surface area contributed by atoms with E-state index in [1.807, 2.05) is 13.0 Å². The number of piperidine rings is 1. The highest BCUT2D eigenvalue weighted by Crippen LogP contribution is 2.39. The van der Waals surface area contributed by atoms with Crippen LogP contribution in [0.25, 0.3) is 0 Å². The Labute approximate surface area is 136 Å². The number of pyridine rings is 1. The van der Waals surface area contributed by atoms with Gasteiger partial charge in [0.2, 0.25) is 0 Å². The summed E-state index contributed by atoms with van der Waals surface area (Å²) in [6, 6.07) is 3.61. The molecule has 1 aromatic heterocycles. The van der Waals surface area contributed by atoms with Crippen molar-refractivity contribution < 1.29 is 19.7 Å². The number of aliphatic hydroxyl groups is 2. The molecule has 2 fully saturated rings. The molecule has 0 aromatic carbocycles. The van der Waals surface area contributed by atoms with Crippen LogP contribution >= 0.6 is 0 Å². The molecule has 2 atom stereocenters. The van der Waals surface area contributed by atoms with Gasteiger partial charge in [-0.05, 0) is 38.8 Å². The molecule has 2 aliphatic rings. The fraction of sp³-hybridized carbons (Fsp3) is 0.647. The minimum atomic E-state index is -1.13. The molecule has 2 aliphatic heterocycles. The maximum atomic E-state index is 12.5. The van der Waals surface area contributed by atoms with Crippen LogP contribution in [0, 0.1) is 6.92 Å². The summed E-state index contributed by atoms with van der Waals surface area (Å²) in [5, 5.41) is 20.8. The summed E-state index contributed by atoms with van der Waals surface area (Å²) < 4.78 is 5.84. The summed E-state index contributed by atoms with van der Waals surface area (Å²) in [5.74, 6) is -0.0515. The van der Waals surface area contributed by atoms with Crippen molar-refractivity contribution in [3.63, 3.8) is 0 Å². The molecule has 23 heavy (non-hydrogen) atoms. The highest BCUT2D eigenvalue weighted by atomic mass is 16.5. The van der Waals surface area contributed by atoms with Crippen LogP contribution in [0.4, 0.5) is 0 Å². The standard InChI is InChI=1S/C17H24N2O4/c1-12-3-4-13(11-18-12)14(20)19-8-5-17(6-9-19)15(21)16(2,22)7-10-23-17/h3-4,11,15,21-22H,5-10H2,1-2H3/t15-,16+/m0/s1. The summed E-state index contributed by atoms with van der Waals surface area (Å²) in [4.78, 5) is 18.4. The first-order valence-corrected chi connectivity index (χ1v) is 8.10. The van der Waals surface area contributed by atoms with Gasteiger partial charge in [0.1, 0.15) is 11.7 Å². The van der Waals surface area contributed by atoms with E-state index >= 15 is 0 Å². The summed E-state index contributed by atoms with van der Waals surface area (Å²) >= 11 is 0. The molecule has 1 amide bonds. The van der Waals surface area contributed by atoms with E-state index < -0.39 is 17.3 Å². The first kappa shape index (κ1) is 16.4. The van der Waals surface area contributed by atoms with Crippen LogP contribution in [0.5, 0.6) is 0 Å². The lowest BCUT2D eigenvalue weighted by Gasteiger charge is -2.51. The van der Waals surface area contributed by atoms with Crippen LogP contribution < -0.4 is 0 Å². The summed E-state index contributed by atoms with van der Waals surface area (Å²) in [6.45, 7) is 4.96. The van der Waals surface area contributed by atoms with Crippen LogP contribution in [-0.4, -0.2) is 63.0 Å². The number of rotatable bonds is 1. The van der Waals surface area contributed by atoms with E-state index in [9.17, 15) is 15.0 Å². The van der Waals surface area contributed by atoms with Gasteiger partial charge in [0.25, 0.3) is 5.91 Å². The minimum absolute atomic E-state index is 0.0515. The average Bonchev–Trinajstić information content (AvgIpc) is 2.53. The Balaban J connectivity index is 1.68. The van der Waals surface area contributed by atoms with Crippen molar-refractivity contribution in [2.75, 3.05) is 19.7 Å². The first-order valence-electron chi connectivity index (χ1n) is 8.10. The van der Waals surface area contributed by atoms with Gasteiger partial charge in [-0.3, -0.25) is 9.78 Å². The zero-order chi connectivity index (χ0) is 16.7. The van der Waals surface area contributed by atoms with Crippen molar-refractivity contribution in [2.24, 2.45) is 0 Å². The topological polar surface area (TPSA) is 82.9 Å². The van der Waals surface area contributed by atoms with Crippen molar-refractivity contribution in [3.8, 4) is 0 Å². The minimum Gasteiger partial charge on any atom is -0.387 e. The van der Waals surface area contributed by atoms with E-state index in [-0.39, 0.29) is 5.91 Å². The third-order valence-electron chi connectivity index (χ3n) is 5.14. The van der Waals surface area contributed by atoms with Gasteiger partial charge < -0.3 is 19.8 Å². The number of aliphatic hydroxyl groups excluding tert-OH is 1. The Morgan fingerprint density at radius 1 is 1.35 bits per heavy atom. The van der Waals surface area contributed by atoms with Gasteiger partial charge in [-0.2, -0.15) is 0 Å². The fourth-order valence-corrected chi connectivity index (χ4v) is 3.53. The molecule has 0 unspecified atom stereocenters. The second-order valence-electron chi connectivity index (χ2n) is 6.90. The fourth-order valence-electron chi connectivity index (χ4n) is 3.53. The Bertz CT molecular complexity index is 577. The highest BCUT2D eigenvalue weighted by molar-refractivity contribution is 5.94. The molecule has 0 saturated carbocycles. The highest BCUT2D eigenvalue weighted by Gasteiger charge is 2.52. The maximum absolute atomic E-state index is 12.5. The van der Waals surface area contributed by atoms with Crippen LogP contribution in [0.1, 0.15) is 42.2 Å². The number of aryl methyl sites for hydroxylation is 1. The maximum Gasteiger partial charge on any atom is 0.255 e. The molecule has 1 aromatic rings. The number of amides is 1.